The molecule has 0 atom stereocenters. The molecule has 164 valence electrons. The Morgan fingerprint density at radius 1 is 0.706 bits per heavy atom. The summed E-state index contributed by atoms with van der Waals surface area (Å²) in [5.41, 5.74) is 7.91. The lowest BCUT2D eigenvalue weighted by Crippen LogP contribution is -2.30. The van der Waals surface area contributed by atoms with Gasteiger partial charge < -0.3 is 4.42 Å². The number of aryl methyl sites for hydroxylation is 2. The van der Waals surface area contributed by atoms with Gasteiger partial charge in [-0.2, -0.15) is 0 Å². The fourth-order valence-electron chi connectivity index (χ4n) is 4.72. The molecule has 0 saturated heterocycles. The van der Waals surface area contributed by atoms with Crippen molar-refractivity contribution in [2.75, 3.05) is 0 Å². The second-order valence-electron chi connectivity index (χ2n) is 8.55. The Labute approximate surface area is 196 Å². The van der Waals surface area contributed by atoms with Gasteiger partial charge in [0.2, 0.25) is 5.69 Å². The number of halogens is 1. The van der Waals surface area contributed by atoms with E-state index in [0.717, 1.165) is 49.9 Å². The molecular formula is C30H22FN2O+. The van der Waals surface area contributed by atoms with E-state index in [1.165, 1.54) is 6.07 Å². The Kier molecular flexibility index (Phi) is 4.73. The topological polar surface area (TPSA) is 29.9 Å². The van der Waals surface area contributed by atoms with Crippen LogP contribution in [0.3, 0.4) is 0 Å². The molecule has 0 fully saturated rings. The Bertz CT molecular complexity index is 1670. The van der Waals surface area contributed by atoms with Gasteiger partial charge in [0.05, 0.1) is 11.1 Å². The first-order valence-electron chi connectivity index (χ1n) is 11.2. The highest BCUT2D eigenvalue weighted by molar-refractivity contribution is 6.13. The highest BCUT2D eigenvalue weighted by atomic mass is 19.1. The van der Waals surface area contributed by atoms with Crippen LogP contribution in [0.25, 0.3) is 55.4 Å². The van der Waals surface area contributed by atoms with Crippen LogP contribution in [0.5, 0.6) is 0 Å². The van der Waals surface area contributed by atoms with Crippen LogP contribution in [-0.4, -0.2) is 4.98 Å². The van der Waals surface area contributed by atoms with E-state index < -0.39 is 0 Å². The molecule has 0 spiro atoms. The first-order valence-corrected chi connectivity index (χ1v) is 11.2. The Hall–Kier alpha value is -4.31. The van der Waals surface area contributed by atoms with Crippen molar-refractivity contribution < 1.29 is 13.4 Å². The van der Waals surface area contributed by atoms with Gasteiger partial charge in [0.1, 0.15) is 24.0 Å². The average molecular weight is 446 g/mol. The lowest BCUT2D eigenvalue weighted by Gasteiger charge is -2.07. The van der Waals surface area contributed by atoms with Crippen LogP contribution in [0, 0.1) is 12.7 Å². The van der Waals surface area contributed by atoms with Crippen molar-refractivity contribution in [2.24, 2.45) is 7.05 Å². The number of nitrogens with zero attached hydrogens (tertiary/aromatic N) is 2. The summed E-state index contributed by atoms with van der Waals surface area (Å²) < 4.78 is 23.8. The number of fused-ring (bicyclic) bond motifs is 3. The molecule has 4 heteroatoms. The molecule has 6 aromatic rings. The second-order valence-corrected chi connectivity index (χ2v) is 8.55. The number of aromatic nitrogens is 2. The zero-order chi connectivity index (χ0) is 23.2. The van der Waals surface area contributed by atoms with E-state index in [9.17, 15) is 0 Å². The van der Waals surface area contributed by atoms with Crippen LogP contribution in [0.15, 0.2) is 102 Å². The molecule has 6 rings (SSSR count). The molecule has 34 heavy (non-hydrogen) atoms. The highest BCUT2D eigenvalue weighted by Gasteiger charge is 2.22. The molecule has 3 aromatic heterocycles. The largest absolute Gasteiger partial charge is 0.454 e. The van der Waals surface area contributed by atoms with Crippen LogP contribution >= 0.6 is 0 Å². The van der Waals surface area contributed by atoms with Crippen molar-refractivity contribution in [2.45, 2.75) is 6.92 Å². The predicted octanol–water partition coefficient (Wildman–Crippen LogP) is 7.25. The molecule has 3 aromatic carbocycles. The number of hydrogen-bond donors (Lipinski definition) is 0. The SMILES string of the molecule is Cc1ccc2c(oc3c(-c4ccc(-c5ccncc5)cc4)c(F)ccc32)c1-c1cccc[n+]1C. The smallest absolute Gasteiger partial charge is 0.216 e. The van der Waals surface area contributed by atoms with Gasteiger partial charge in [0, 0.05) is 35.3 Å². The molecule has 0 aliphatic rings. The fourth-order valence-corrected chi connectivity index (χ4v) is 4.72. The van der Waals surface area contributed by atoms with Crippen molar-refractivity contribution in [1.29, 1.82) is 0 Å². The van der Waals surface area contributed by atoms with Crippen LogP contribution in [0.4, 0.5) is 4.39 Å². The summed E-state index contributed by atoms with van der Waals surface area (Å²) in [5.74, 6) is -0.299. The summed E-state index contributed by atoms with van der Waals surface area (Å²) in [4.78, 5) is 4.08. The normalized spacial score (nSPS) is 11.4. The third kappa shape index (κ3) is 3.19. The highest BCUT2D eigenvalue weighted by Crippen LogP contribution is 2.41. The zero-order valence-corrected chi connectivity index (χ0v) is 18.9. The van der Waals surface area contributed by atoms with Gasteiger partial charge in [-0.15, -0.1) is 0 Å². The van der Waals surface area contributed by atoms with Gasteiger partial charge in [-0.25, -0.2) is 8.96 Å². The van der Waals surface area contributed by atoms with E-state index >= 15 is 4.39 Å². The minimum absolute atomic E-state index is 0.299. The van der Waals surface area contributed by atoms with E-state index in [0.29, 0.717) is 11.1 Å². The first-order chi connectivity index (χ1) is 16.6. The van der Waals surface area contributed by atoms with E-state index in [1.807, 2.05) is 67.8 Å². The summed E-state index contributed by atoms with van der Waals surface area (Å²) in [6, 6.07) is 25.4. The molecule has 0 aliphatic carbocycles. The van der Waals surface area contributed by atoms with Gasteiger partial charge in [0.25, 0.3) is 0 Å². The molecule has 3 nitrogen and oxygen atoms in total. The summed E-state index contributed by atoms with van der Waals surface area (Å²) in [7, 11) is 2.02. The predicted molar refractivity (Wildman–Crippen MR) is 134 cm³/mol. The molecule has 0 N–H and O–H groups in total. The van der Waals surface area contributed by atoms with Gasteiger partial charge in [0.15, 0.2) is 6.20 Å². The van der Waals surface area contributed by atoms with Crippen LogP contribution in [0.1, 0.15) is 5.56 Å². The molecule has 0 saturated carbocycles. The second kappa shape index (κ2) is 7.92. The summed E-state index contributed by atoms with van der Waals surface area (Å²) in [5, 5.41) is 1.89. The standard InChI is InChI=1S/C30H22FN2O/c1-19-6-11-23-24-12-13-25(31)28(22-9-7-20(8-10-22)21-14-16-32-17-15-21)30(24)34-29(23)27(19)26-5-3-4-18-33(26)2/h3-18H,1-2H3/q+1. The maximum absolute atomic E-state index is 15.3. The van der Waals surface area contributed by atoms with Crippen molar-refractivity contribution in [3.8, 4) is 33.5 Å². The molecule has 0 radical (unpaired) electrons. The number of furan rings is 1. The Morgan fingerprint density at radius 3 is 2.09 bits per heavy atom. The van der Waals surface area contributed by atoms with E-state index in [-0.39, 0.29) is 5.82 Å². The van der Waals surface area contributed by atoms with Gasteiger partial charge in [-0.05, 0) is 59.5 Å². The van der Waals surface area contributed by atoms with Crippen molar-refractivity contribution in [3.05, 3.63) is 109 Å². The monoisotopic (exact) mass is 445 g/mol. The summed E-state index contributed by atoms with van der Waals surface area (Å²) in [6.07, 6.45) is 5.56. The zero-order valence-electron chi connectivity index (χ0n) is 18.9. The third-order valence-electron chi connectivity index (χ3n) is 6.47. The maximum Gasteiger partial charge on any atom is 0.216 e. The van der Waals surface area contributed by atoms with Crippen LogP contribution < -0.4 is 4.57 Å². The van der Waals surface area contributed by atoms with Crippen molar-refractivity contribution in [1.82, 2.24) is 4.98 Å². The first kappa shape index (κ1) is 20.3. The Morgan fingerprint density at radius 2 is 1.35 bits per heavy atom. The average Bonchev–Trinajstić information content (AvgIpc) is 3.24. The molecule has 0 amide bonds. The van der Waals surface area contributed by atoms with E-state index in [1.54, 1.807) is 12.4 Å². The number of benzene rings is 3. The van der Waals surface area contributed by atoms with E-state index in [4.69, 9.17) is 4.42 Å². The number of pyridine rings is 2. The molecule has 0 aliphatic heterocycles. The molecule has 3 heterocycles. The number of hydrogen-bond acceptors (Lipinski definition) is 2. The van der Waals surface area contributed by atoms with Crippen molar-refractivity contribution in [3.63, 3.8) is 0 Å². The minimum atomic E-state index is -0.299. The fraction of sp³-hybridized carbons (Fsp3) is 0.0667. The number of rotatable bonds is 3. The van der Waals surface area contributed by atoms with Gasteiger partial charge in [-0.3, -0.25) is 4.98 Å². The molecular weight excluding hydrogens is 423 g/mol. The van der Waals surface area contributed by atoms with Gasteiger partial charge in [-0.1, -0.05) is 36.4 Å². The summed E-state index contributed by atoms with van der Waals surface area (Å²) >= 11 is 0. The Balaban J connectivity index is 1.59. The quantitative estimate of drug-likeness (QED) is 0.269. The lowest BCUT2D eigenvalue weighted by molar-refractivity contribution is -0.660. The van der Waals surface area contributed by atoms with Crippen LogP contribution in [-0.2, 0) is 7.05 Å². The van der Waals surface area contributed by atoms with Gasteiger partial charge >= 0.3 is 0 Å². The van der Waals surface area contributed by atoms with E-state index in [2.05, 4.69) is 34.7 Å². The van der Waals surface area contributed by atoms with Crippen molar-refractivity contribution >= 4 is 21.9 Å². The van der Waals surface area contributed by atoms with Crippen LogP contribution in [0.2, 0.25) is 0 Å². The molecule has 0 unspecified atom stereocenters. The maximum atomic E-state index is 15.3. The summed E-state index contributed by atoms with van der Waals surface area (Å²) in [6.45, 7) is 2.08. The molecule has 0 bridgehead atoms. The minimum Gasteiger partial charge on any atom is -0.454 e. The third-order valence-corrected chi connectivity index (χ3v) is 6.47. The lowest BCUT2D eigenvalue weighted by atomic mass is 9.97.